The summed E-state index contributed by atoms with van der Waals surface area (Å²) in [6.45, 7) is 8.69. The Balaban J connectivity index is 2.19. The molecule has 0 bridgehead atoms. The van der Waals surface area contributed by atoms with Gasteiger partial charge >= 0.3 is 5.97 Å². The van der Waals surface area contributed by atoms with Crippen molar-refractivity contribution in [1.29, 1.82) is 0 Å². The van der Waals surface area contributed by atoms with Gasteiger partial charge in [-0.05, 0) is 6.92 Å². The molecule has 1 aromatic rings. The van der Waals surface area contributed by atoms with Crippen LogP contribution in [0, 0.1) is 6.92 Å². The first kappa shape index (κ1) is 14.5. The number of hydrogen-bond donors (Lipinski definition) is 0. The molecule has 0 aliphatic rings. The van der Waals surface area contributed by atoms with Gasteiger partial charge in [0.15, 0.2) is 0 Å². The van der Waals surface area contributed by atoms with Crippen LogP contribution in [0.5, 0.6) is 0 Å². The van der Waals surface area contributed by atoms with E-state index in [0.717, 1.165) is 12.1 Å². The second kappa shape index (κ2) is 6.40. The standard InChI is InChI=1S/C12H19NO2S2/c1-9-10(16-8-13-9)5-6-15-11(14)7-17-12(2,3)4/h8H,5-7H2,1-4H3. The summed E-state index contributed by atoms with van der Waals surface area (Å²) in [4.78, 5) is 16.8. The molecule has 0 saturated carbocycles. The van der Waals surface area contributed by atoms with E-state index in [0.29, 0.717) is 12.4 Å². The van der Waals surface area contributed by atoms with E-state index in [1.54, 1.807) is 23.1 Å². The predicted octanol–water partition coefficient (Wildman–Crippen LogP) is 3.07. The third-order valence-corrected chi connectivity index (χ3v) is 4.30. The average Bonchev–Trinajstić information content (AvgIpc) is 2.61. The van der Waals surface area contributed by atoms with Crippen LogP contribution in [0.4, 0.5) is 0 Å². The van der Waals surface area contributed by atoms with Gasteiger partial charge in [-0.15, -0.1) is 23.1 Å². The number of carbonyl (C=O) groups is 1. The number of aryl methyl sites for hydroxylation is 1. The van der Waals surface area contributed by atoms with Crippen LogP contribution in [0.15, 0.2) is 5.51 Å². The second-order valence-corrected chi connectivity index (χ2v) is 7.47. The summed E-state index contributed by atoms with van der Waals surface area (Å²) in [5.74, 6) is 0.289. The number of carbonyl (C=O) groups excluding carboxylic acids is 1. The van der Waals surface area contributed by atoms with Gasteiger partial charge < -0.3 is 4.74 Å². The molecule has 1 aromatic heterocycles. The van der Waals surface area contributed by atoms with Crippen molar-refractivity contribution in [2.75, 3.05) is 12.4 Å². The number of aromatic nitrogens is 1. The molecule has 0 aromatic carbocycles. The molecule has 0 amide bonds. The number of thiazole rings is 1. The van der Waals surface area contributed by atoms with Crippen molar-refractivity contribution in [1.82, 2.24) is 4.98 Å². The number of rotatable bonds is 5. The SMILES string of the molecule is Cc1ncsc1CCOC(=O)CSC(C)(C)C. The molecule has 96 valence electrons. The van der Waals surface area contributed by atoms with Gasteiger partial charge in [-0.25, -0.2) is 4.98 Å². The fourth-order valence-corrected chi connectivity index (χ4v) is 2.54. The van der Waals surface area contributed by atoms with Crippen LogP contribution < -0.4 is 0 Å². The van der Waals surface area contributed by atoms with Gasteiger partial charge in [0, 0.05) is 16.0 Å². The van der Waals surface area contributed by atoms with Crippen LogP contribution in [0.2, 0.25) is 0 Å². The number of thioether (sulfide) groups is 1. The molecule has 0 saturated heterocycles. The van der Waals surface area contributed by atoms with Crippen LogP contribution in [0.3, 0.4) is 0 Å². The van der Waals surface area contributed by atoms with Crippen LogP contribution in [0.25, 0.3) is 0 Å². The van der Waals surface area contributed by atoms with Crippen molar-refractivity contribution in [3.63, 3.8) is 0 Å². The molecule has 0 unspecified atom stereocenters. The summed E-state index contributed by atoms with van der Waals surface area (Å²) in [7, 11) is 0. The largest absolute Gasteiger partial charge is 0.465 e. The van der Waals surface area contributed by atoms with Crippen molar-refractivity contribution in [3.05, 3.63) is 16.1 Å². The van der Waals surface area contributed by atoms with E-state index in [-0.39, 0.29) is 10.7 Å². The highest BCUT2D eigenvalue weighted by atomic mass is 32.2. The monoisotopic (exact) mass is 273 g/mol. The highest BCUT2D eigenvalue weighted by molar-refractivity contribution is 8.01. The third-order valence-electron chi connectivity index (χ3n) is 2.06. The van der Waals surface area contributed by atoms with Gasteiger partial charge in [0.25, 0.3) is 0 Å². The van der Waals surface area contributed by atoms with Gasteiger partial charge in [0.1, 0.15) is 0 Å². The molecule has 0 spiro atoms. The van der Waals surface area contributed by atoms with Crippen LogP contribution >= 0.6 is 23.1 Å². The zero-order valence-electron chi connectivity index (χ0n) is 10.8. The maximum Gasteiger partial charge on any atom is 0.315 e. The zero-order chi connectivity index (χ0) is 12.9. The van der Waals surface area contributed by atoms with E-state index < -0.39 is 0 Å². The first-order chi connectivity index (χ1) is 7.88. The normalized spacial score (nSPS) is 11.5. The van der Waals surface area contributed by atoms with Crippen LogP contribution in [-0.2, 0) is 16.0 Å². The highest BCUT2D eigenvalue weighted by Gasteiger charge is 2.14. The molecule has 17 heavy (non-hydrogen) atoms. The molecular formula is C12H19NO2S2. The fraction of sp³-hybridized carbons (Fsp3) is 0.667. The predicted molar refractivity (Wildman–Crippen MR) is 73.7 cm³/mol. The summed E-state index contributed by atoms with van der Waals surface area (Å²) in [5, 5.41) is 0. The number of ether oxygens (including phenoxy) is 1. The Labute approximate surface area is 111 Å². The molecule has 0 aliphatic heterocycles. The van der Waals surface area contributed by atoms with Crippen LogP contribution in [0.1, 0.15) is 31.3 Å². The molecule has 0 aliphatic carbocycles. The van der Waals surface area contributed by atoms with E-state index in [2.05, 4.69) is 25.8 Å². The lowest BCUT2D eigenvalue weighted by Crippen LogP contribution is -2.16. The first-order valence-corrected chi connectivity index (χ1v) is 7.43. The summed E-state index contributed by atoms with van der Waals surface area (Å²) < 4.78 is 5.29. The minimum absolute atomic E-state index is 0.104. The van der Waals surface area contributed by atoms with Gasteiger partial charge in [0.2, 0.25) is 0 Å². The Morgan fingerprint density at radius 2 is 2.24 bits per heavy atom. The Morgan fingerprint density at radius 1 is 1.53 bits per heavy atom. The Kier molecular flexibility index (Phi) is 5.46. The van der Waals surface area contributed by atoms with Gasteiger partial charge in [-0.3, -0.25) is 4.79 Å². The molecule has 1 rings (SSSR count). The molecule has 0 N–H and O–H groups in total. The number of hydrogen-bond acceptors (Lipinski definition) is 5. The minimum Gasteiger partial charge on any atom is -0.465 e. The van der Waals surface area contributed by atoms with Crippen molar-refractivity contribution in [2.24, 2.45) is 0 Å². The van der Waals surface area contributed by atoms with Crippen molar-refractivity contribution in [3.8, 4) is 0 Å². The maximum absolute atomic E-state index is 11.4. The van der Waals surface area contributed by atoms with E-state index >= 15 is 0 Å². The van der Waals surface area contributed by atoms with Gasteiger partial charge in [-0.2, -0.15) is 0 Å². The van der Waals surface area contributed by atoms with E-state index in [1.165, 1.54) is 4.88 Å². The molecule has 1 heterocycles. The Morgan fingerprint density at radius 3 is 2.76 bits per heavy atom. The zero-order valence-corrected chi connectivity index (χ0v) is 12.4. The van der Waals surface area contributed by atoms with Gasteiger partial charge in [0.05, 0.1) is 23.6 Å². The van der Waals surface area contributed by atoms with E-state index in [4.69, 9.17) is 4.74 Å². The smallest absolute Gasteiger partial charge is 0.315 e. The quantitative estimate of drug-likeness (QED) is 0.773. The maximum atomic E-state index is 11.4. The average molecular weight is 273 g/mol. The van der Waals surface area contributed by atoms with Gasteiger partial charge in [-0.1, -0.05) is 20.8 Å². The lowest BCUT2D eigenvalue weighted by atomic mass is 10.3. The van der Waals surface area contributed by atoms with E-state index in [9.17, 15) is 4.79 Å². The summed E-state index contributed by atoms with van der Waals surface area (Å²) in [5.41, 5.74) is 2.86. The topological polar surface area (TPSA) is 39.2 Å². The summed E-state index contributed by atoms with van der Waals surface area (Å²) in [6, 6.07) is 0. The molecule has 0 radical (unpaired) electrons. The van der Waals surface area contributed by atoms with Crippen molar-refractivity contribution in [2.45, 2.75) is 38.9 Å². The fourth-order valence-electron chi connectivity index (χ4n) is 1.14. The number of nitrogens with zero attached hydrogens (tertiary/aromatic N) is 1. The Bertz CT molecular complexity index is 369. The second-order valence-electron chi connectivity index (χ2n) is 4.73. The molecule has 3 nitrogen and oxygen atoms in total. The van der Waals surface area contributed by atoms with Crippen molar-refractivity contribution < 1.29 is 9.53 Å². The Hall–Kier alpha value is -0.550. The molecule has 0 atom stereocenters. The van der Waals surface area contributed by atoms with Crippen molar-refractivity contribution >= 4 is 29.1 Å². The lowest BCUT2D eigenvalue weighted by Gasteiger charge is -2.16. The minimum atomic E-state index is -0.132. The molecule has 0 fully saturated rings. The summed E-state index contributed by atoms with van der Waals surface area (Å²) >= 11 is 3.22. The van der Waals surface area contributed by atoms with E-state index in [1.807, 2.05) is 12.4 Å². The molecular weight excluding hydrogens is 254 g/mol. The highest BCUT2D eigenvalue weighted by Crippen LogP contribution is 2.22. The molecule has 5 heteroatoms. The first-order valence-electron chi connectivity index (χ1n) is 5.57. The summed E-state index contributed by atoms with van der Waals surface area (Å²) in [6.07, 6.45) is 0.766. The third kappa shape index (κ3) is 6.07. The number of esters is 1. The van der Waals surface area contributed by atoms with Crippen LogP contribution in [-0.4, -0.2) is 28.1 Å². The lowest BCUT2D eigenvalue weighted by molar-refractivity contribution is -0.140.